The van der Waals surface area contributed by atoms with Gasteiger partial charge in [-0.1, -0.05) is 6.92 Å². The highest BCUT2D eigenvalue weighted by Crippen LogP contribution is 2.13. The second-order valence-corrected chi connectivity index (χ2v) is 7.41. The summed E-state index contributed by atoms with van der Waals surface area (Å²) < 4.78 is 30.5. The molecule has 0 aliphatic heterocycles. The van der Waals surface area contributed by atoms with Crippen LogP contribution in [0.25, 0.3) is 0 Å². The molecule has 0 aliphatic rings. The quantitative estimate of drug-likeness (QED) is 0.681. The zero-order valence-corrected chi connectivity index (χ0v) is 13.2. The van der Waals surface area contributed by atoms with Gasteiger partial charge < -0.3 is 9.73 Å². The highest BCUT2D eigenvalue weighted by molar-refractivity contribution is 7.99. The molecule has 1 aromatic rings. The Balaban J connectivity index is 2.42. The molecule has 0 saturated carbocycles. The van der Waals surface area contributed by atoms with Gasteiger partial charge in [0, 0.05) is 6.04 Å². The van der Waals surface area contributed by atoms with Crippen molar-refractivity contribution < 1.29 is 12.8 Å². The van der Waals surface area contributed by atoms with Crippen LogP contribution in [-0.2, 0) is 16.6 Å². The first-order valence-electron chi connectivity index (χ1n) is 6.33. The van der Waals surface area contributed by atoms with Gasteiger partial charge in [-0.3, -0.25) is 0 Å². The molecule has 7 heteroatoms. The SMILES string of the molecule is CCSCCC(C)NCc1ccc(S(=O)(=O)NC)o1. The lowest BCUT2D eigenvalue weighted by atomic mass is 10.2. The summed E-state index contributed by atoms with van der Waals surface area (Å²) in [6.07, 6.45) is 1.08. The molecule has 1 aromatic heterocycles. The molecule has 1 rings (SSSR count). The lowest BCUT2D eigenvalue weighted by Crippen LogP contribution is -2.25. The summed E-state index contributed by atoms with van der Waals surface area (Å²) in [5, 5.41) is 3.28. The second-order valence-electron chi connectivity index (χ2n) is 4.20. The molecular weight excluding hydrogens is 284 g/mol. The Bertz CT molecular complexity index is 471. The van der Waals surface area contributed by atoms with Gasteiger partial charge in [0.2, 0.25) is 5.09 Å². The van der Waals surface area contributed by atoms with Crippen molar-refractivity contribution >= 4 is 21.8 Å². The lowest BCUT2D eigenvalue weighted by molar-refractivity contribution is 0.389. The van der Waals surface area contributed by atoms with E-state index in [4.69, 9.17) is 4.42 Å². The largest absolute Gasteiger partial charge is 0.447 e. The molecule has 0 aromatic carbocycles. The summed E-state index contributed by atoms with van der Waals surface area (Å²) in [7, 11) is -2.12. The summed E-state index contributed by atoms with van der Waals surface area (Å²) in [6.45, 7) is 4.80. The number of sulfonamides is 1. The van der Waals surface area contributed by atoms with E-state index in [0.717, 1.165) is 17.9 Å². The predicted molar refractivity (Wildman–Crippen MR) is 78.9 cm³/mol. The van der Waals surface area contributed by atoms with Gasteiger partial charge in [0.15, 0.2) is 0 Å². The van der Waals surface area contributed by atoms with Crippen LogP contribution in [0.2, 0.25) is 0 Å². The van der Waals surface area contributed by atoms with Crippen molar-refractivity contribution in [2.24, 2.45) is 0 Å². The average Bonchev–Trinajstić information content (AvgIpc) is 2.86. The van der Waals surface area contributed by atoms with Gasteiger partial charge in [0.1, 0.15) is 5.76 Å². The smallest absolute Gasteiger partial charge is 0.273 e. The van der Waals surface area contributed by atoms with Crippen LogP contribution in [0.5, 0.6) is 0 Å². The van der Waals surface area contributed by atoms with Gasteiger partial charge in [-0.25, -0.2) is 13.1 Å². The van der Waals surface area contributed by atoms with E-state index in [9.17, 15) is 8.42 Å². The first kappa shape index (κ1) is 16.6. The normalized spacial score (nSPS) is 13.6. The first-order chi connectivity index (χ1) is 8.99. The van der Waals surface area contributed by atoms with Crippen LogP contribution in [0, 0.1) is 0 Å². The van der Waals surface area contributed by atoms with Crippen LogP contribution in [-0.4, -0.2) is 33.0 Å². The fraction of sp³-hybridized carbons (Fsp3) is 0.667. The van der Waals surface area contributed by atoms with E-state index < -0.39 is 10.0 Å². The number of hydrogen-bond acceptors (Lipinski definition) is 5. The molecule has 0 fully saturated rings. The van der Waals surface area contributed by atoms with Crippen LogP contribution < -0.4 is 10.0 Å². The maximum Gasteiger partial charge on any atom is 0.273 e. The van der Waals surface area contributed by atoms with E-state index in [1.165, 1.54) is 13.1 Å². The molecule has 19 heavy (non-hydrogen) atoms. The summed E-state index contributed by atoms with van der Waals surface area (Å²) in [6, 6.07) is 3.54. The van der Waals surface area contributed by atoms with E-state index in [1.54, 1.807) is 6.07 Å². The molecule has 0 aliphatic carbocycles. The Hall–Kier alpha value is -0.500. The molecule has 5 nitrogen and oxygen atoms in total. The third kappa shape index (κ3) is 5.56. The van der Waals surface area contributed by atoms with Crippen molar-refractivity contribution in [2.45, 2.75) is 37.9 Å². The number of thioether (sulfide) groups is 1. The molecular formula is C12H22N2O3S2. The minimum atomic E-state index is -3.48. The maximum atomic E-state index is 11.5. The van der Waals surface area contributed by atoms with Crippen molar-refractivity contribution in [3.8, 4) is 0 Å². The van der Waals surface area contributed by atoms with Crippen molar-refractivity contribution in [3.63, 3.8) is 0 Å². The van der Waals surface area contributed by atoms with Crippen molar-refractivity contribution in [1.29, 1.82) is 0 Å². The second kappa shape index (κ2) is 7.94. The van der Waals surface area contributed by atoms with Gasteiger partial charge in [0.25, 0.3) is 10.0 Å². The molecule has 0 saturated heterocycles. The van der Waals surface area contributed by atoms with Crippen molar-refractivity contribution in [3.05, 3.63) is 17.9 Å². The topological polar surface area (TPSA) is 71.3 Å². The summed E-state index contributed by atoms with van der Waals surface area (Å²) in [5.41, 5.74) is 0. The fourth-order valence-electron chi connectivity index (χ4n) is 1.48. The van der Waals surface area contributed by atoms with Crippen molar-refractivity contribution in [1.82, 2.24) is 10.0 Å². The number of hydrogen-bond donors (Lipinski definition) is 2. The third-order valence-corrected chi connectivity index (χ3v) is 4.91. The Morgan fingerprint density at radius 1 is 1.42 bits per heavy atom. The third-order valence-electron chi connectivity index (χ3n) is 2.69. The predicted octanol–water partition coefficient (Wildman–Crippen LogP) is 1.81. The zero-order valence-electron chi connectivity index (χ0n) is 11.6. The Morgan fingerprint density at radius 2 is 2.16 bits per heavy atom. The minimum absolute atomic E-state index is 0.0407. The summed E-state index contributed by atoms with van der Waals surface area (Å²) in [5.74, 6) is 2.89. The molecule has 110 valence electrons. The minimum Gasteiger partial charge on any atom is -0.447 e. The zero-order chi connectivity index (χ0) is 14.3. The molecule has 0 bridgehead atoms. The van der Waals surface area contributed by atoms with E-state index in [-0.39, 0.29) is 5.09 Å². The van der Waals surface area contributed by atoms with Gasteiger partial charge in [-0.2, -0.15) is 11.8 Å². The first-order valence-corrected chi connectivity index (χ1v) is 8.96. The van der Waals surface area contributed by atoms with Crippen molar-refractivity contribution in [2.75, 3.05) is 18.6 Å². The van der Waals surface area contributed by atoms with E-state index in [2.05, 4.69) is 23.9 Å². The molecule has 1 heterocycles. The Morgan fingerprint density at radius 3 is 2.79 bits per heavy atom. The lowest BCUT2D eigenvalue weighted by Gasteiger charge is -2.11. The number of furan rings is 1. The highest BCUT2D eigenvalue weighted by Gasteiger charge is 2.16. The fourth-order valence-corrected chi connectivity index (χ4v) is 2.95. The standard InChI is InChI=1S/C12H22N2O3S2/c1-4-18-8-7-10(2)14-9-11-5-6-12(17-11)19(15,16)13-3/h5-6,10,13-14H,4,7-9H2,1-3H3. The van der Waals surface area contributed by atoms with Crippen LogP contribution in [0.1, 0.15) is 26.0 Å². The summed E-state index contributed by atoms with van der Waals surface area (Å²) >= 11 is 1.92. The van der Waals surface area contributed by atoms with Gasteiger partial charge in [0.05, 0.1) is 6.54 Å². The van der Waals surface area contributed by atoms with Crippen LogP contribution >= 0.6 is 11.8 Å². The Labute approximate surface area is 119 Å². The van der Waals surface area contributed by atoms with Gasteiger partial charge in [-0.15, -0.1) is 0 Å². The molecule has 0 spiro atoms. The molecule has 0 amide bonds. The maximum absolute atomic E-state index is 11.5. The van der Waals surface area contributed by atoms with Crippen LogP contribution in [0.4, 0.5) is 0 Å². The molecule has 2 N–H and O–H groups in total. The van der Waals surface area contributed by atoms with Crippen LogP contribution in [0.15, 0.2) is 21.6 Å². The molecule has 1 unspecified atom stereocenters. The number of rotatable bonds is 9. The molecule has 0 radical (unpaired) electrons. The van der Waals surface area contributed by atoms with E-state index in [0.29, 0.717) is 18.3 Å². The van der Waals surface area contributed by atoms with Gasteiger partial charge >= 0.3 is 0 Å². The van der Waals surface area contributed by atoms with Crippen LogP contribution in [0.3, 0.4) is 0 Å². The van der Waals surface area contributed by atoms with Gasteiger partial charge in [-0.05, 0) is 44.0 Å². The van der Waals surface area contributed by atoms with E-state index in [1.807, 2.05) is 11.8 Å². The monoisotopic (exact) mass is 306 g/mol. The Kier molecular flexibility index (Phi) is 6.92. The summed E-state index contributed by atoms with van der Waals surface area (Å²) in [4.78, 5) is 0. The average molecular weight is 306 g/mol. The highest BCUT2D eigenvalue weighted by atomic mass is 32.2. The van der Waals surface area contributed by atoms with E-state index >= 15 is 0 Å². The molecule has 1 atom stereocenters. The number of nitrogens with one attached hydrogen (secondary N) is 2.